The van der Waals surface area contributed by atoms with Crippen molar-refractivity contribution in [3.05, 3.63) is 35.4 Å². The average molecular weight is 444 g/mol. The molecular weight excluding hydrogens is 419 g/mol. The number of hydrogen-bond acceptors (Lipinski definition) is 3. The highest BCUT2D eigenvalue weighted by atomic mass is 127. The maximum absolute atomic E-state index is 12.5. The fourth-order valence-electron chi connectivity index (χ4n) is 3.10. The Kier molecular flexibility index (Phi) is 6.85. The van der Waals surface area contributed by atoms with E-state index < -0.39 is 0 Å². The van der Waals surface area contributed by atoms with Gasteiger partial charge in [0.25, 0.3) is 5.91 Å². The molecule has 1 atom stereocenters. The molecule has 2 aliphatic rings. The summed E-state index contributed by atoms with van der Waals surface area (Å²) >= 11 is 0. The number of rotatable bonds is 3. The van der Waals surface area contributed by atoms with Crippen molar-refractivity contribution in [1.82, 2.24) is 9.80 Å². The van der Waals surface area contributed by atoms with Crippen LogP contribution in [0.2, 0.25) is 0 Å². The molecule has 1 amide bonds. The second-order valence-corrected chi connectivity index (χ2v) is 6.07. The Morgan fingerprint density at radius 2 is 2.17 bits per heavy atom. The number of carbonyl (C=O) groups is 1. The molecule has 24 heavy (non-hydrogen) atoms. The van der Waals surface area contributed by atoms with Gasteiger partial charge in [0.1, 0.15) is 0 Å². The maximum atomic E-state index is 12.5. The molecule has 3 rings (SSSR count). The minimum atomic E-state index is 0. The molecule has 0 aliphatic carbocycles. The van der Waals surface area contributed by atoms with Gasteiger partial charge >= 0.3 is 0 Å². The zero-order chi connectivity index (χ0) is 16.2. The van der Waals surface area contributed by atoms with E-state index in [1.54, 1.807) is 0 Å². The lowest BCUT2D eigenvalue weighted by Crippen LogP contribution is -2.48. The first-order valence-electron chi connectivity index (χ1n) is 8.19. The van der Waals surface area contributed by atoms with Gasteiger partial charge in [0, 0.05) is 31.7 Å². The van der Waals surface area contributed by atoms with Gasteiger partial charge in [0.2, 0.25) is 0 Å². The highest BCUT2D eigenvalue weighted by Crippen LogP contribution is 2.18. The lowest BCUT2D eigenvalue weighted by molar-refractivity contribution is 0.00529. The van der Waals surface area contributed by atoms with E-state index in [9.17, 15) is 4.79 Å². The van der Waals surface area contributed by atoms with Crippen molar-refractivity contribution in [1.29, 1.82) is 0 Å². The number of nitrogens with two attached hydrogens (primary N) is 1. The average Bonchev–Trinajstić information content (AvgIpc) is 2.57. The van der Waals surface area contributed by atoms with Gasteiger partial charge in [-0.3, -0.25) is 9.79 Å². The van der Waals surface area contributed by atoms with Gasteiger partial charge in [0.05, 0.1) is 19.3 Å². The molecule has 1 fully saturated rings. The predicted octanol–water partition coefficient (Wildman–Crippen LogP) is 1.34. The zero-order valence-corrected chi connectivity index (χ0v) is 16.3. The Labute approximate surface area is 160 Å². The Morgan fingerprint density at radius 1 is 1.38 bits per heavy atom. The van der Waals surface area contributed by atoms with Crippen LogP contribution >= 0.6 is 24.0 Å². The fourth-order valence-corrected chi connectivity index (χ4v) is 3.10. The Morgan fingerprint density at radius 3 is 2.96 bits per heavy atom. The third-order valence-corrected chi connectivity index (χ3v) is 4.39. The lowest BCUT2D eigenvalue weighted by atomic mass is 9.99. The summed E-state index contributed by atoms with van der Waals surface area (Å²) < 4.78 is 5.50. The standard InChI is InChI=1S/C17H24N4O2.HI/c1-13-12-21(10-11-23-13)17(18)19-7-9-20-8-6-14-4-2-3-5-15(14)16(20)22;/h2-5,13H,6-12H2,1H3,(H2,18,19);1H. The Hall–Kier alpha value is -1.35. The van der Waals surface area contributed by atoms with Crippen molar-refractivity contribution in [2.24, 2.45) is 10.7 Å². The first-order valence-corrected chi connectivity index (χ1v) is 8.19. The van der Waals surface area contributed by atoms with Crippen LogP contribution in [0.15, 0.2) is 29.3 Å². The molecule has 0 spiro atoms. The van der Waals surface area contributed by atoms with Crippen molar-refractivity contribution < 1.29 is 9.53 Å². The summed E-state index contributed by atoms with van der Waals surface area (Å²) in [4.78, 5) is 20.8. The molecule has 7 heteroatoms. The van der Waals surface area contributed by atoms with E-state index in [1.807, 2.05) is 41.0 Å². The van der Waals surface area contributed by atoms with Crippen LogP contribution in [-0.2, 0) is 11.2 Å². The van der Waals surface area contributed by atoms with Crippen LogP contribution in [0.25, 0.3) is 0 Å². The summed E-state index contributed by atoms with van der Waals surface area (Å²) in [6.07, 6.45) is 1.08. The van der Waals surface area contributed by atoms with Crippen molar-refractivity contribution in [2.45, 2.75) is 19.4 Å². The van der Waals surface area contributed by atoms with Gasteiger partial charge in [-0.25, -0.2) is 0 Å². The Balaban J connectivity index is 0.00000208. The van der Waals surface area contributed by atoms with Crippen molar-refractivity contribution in [2.75, 3.05) is 39.3 Å². The molecule has 0 saturated carbocycles. The second kappa shape index (κ2) is 8.66. The maximum Gasteiger partial charge on any atom is 0.254 e. The van der Waals surface area contributed by atoms with Crippen LogP contribution < -0.4 is 5.73 Å². The molecule has 1 aromatic rings. The molecular formula is C17H25IN4O2. The number of morpholine rings is 1. The number of fused-ring (bicyclic) bond motifs is 1. The number of hydrogen-bond donors (Lipinski definition) is 1. The summed E-state index contributed by atoms with van der Waals surface area (Å²) in [6.45, 7) is 6.14. The smallest absolute Gasteiger partial charge is 0.254 e. The summed E-state index contributed by atoms with van der Waals surface area (Å²) in [7, 11) is 0. The van der Waals surface area contributed by atoms with E-state index in [0.29, 0.717) is 25.7 Å². The first kappa shape index (κ1) is 19.0. The van der Waals surface area contributed by atoms with Crippen LogP contribution in [0.3, 0.4) is 0 Å². The molecule has 1 unspecified atom stereocenters. The molecule has 2 aliphatic heterocycles. The number of nitrogens with zero attached hydrogens (tertiary/aromatic N) is 3. The third kappa shape index (κ3) is 4.38. The minimum Gasteiger partial charge on any atom is -0.375 e. The fraction of sp³-hybridized carbons (Fsp3) is 0.529. The SMILES string of the molecule is CC1CN(C(N)=NCCN2CCc3ccccc3C2=O)CCO1.I. The van der Waals surface area contributed by atoms with Crippen molar-refractivity contribution >= 4 is 35.8 Å². The largest absolute Gasteiger partial charge is 0.375 e. The summed E-state index contributed by atoms with van der Waals surface area (Å²) in [5, 5.41) is 0. The quantitative estimate of drug-likeness (QED) is 0.434. The first-order chi connectivity index (χ1) is 11.1. The molecule has 2 N–H and O–H groups in total. The van der Waals surface area contributed by atoms with Crippen molar-refractivity contribution in [3.63, 3.8) is 0 Å². The van der Waals surface area contributed by atoms with Crippen LogP contribution in [-0.4, -0.2) is 67.1 Å². The van der Waals surface area contributed by atoms with Gasteiger partial charge in [-0.05, 0) is 25.0 Å². The summed E-state index contributed by atoms with van der Waals surface area (Å²) in [5.41, 5.74) is 8.01. The number of guanidine groups is 1. The topological polar surface area (TPSA) is 71.2 Å². The number of ether oxygens (including phenoxy) is 1. The second-order valence-electron chi connectivity index (χ2n) is 6.07. The predicted molar refractivity (Wildman–Crippen MR) is 105 cm³/mol. The summed E-state index contributed by atoms with van der Waals surface area (Å²) in [5.74, 6) is 0.644. The molecule has 0 aromatic heterocycles. The minimum absolute atomic E-state index is 0. The molecule has 1 saturated heterocycles. The summed E-state index contributed by atoms with van der Waals surface area (Å²) in [6, 6.07) is 7.82. The van der Waals surface area contributed by atoms with E-state index in [-0.39, 0.29) is 36.0 Å². The van der Waals surface area contributed by atoms with E-state index in [2.05, 4.69) is 4.99 Å². The normalized spacial score (nSPS) is 21.3. The van der Waals surface area contributed by atoms with E-state index >= 15 is 0 Å². The van der Waals surface area contributed by atoms with E-state index in [4.69, 9.17) is 10.5 Å². The number of aliphatic imine (C=N–C) groups is 1. The molecule has 0 bridgehead atoms. The van der Waals surface area contributed by atoms with E-state index in [1.165, 1.54) is 0 Å². The van der Waals surface area contributed by atoms with Crippen LogP contribution in [0, 0.1) is 0 Å². The van der Waals surface area contributed by atoms with Gasteiger partial charge in [-0.2, -0.15) is 0 Å². The number of carbonyl (C=O) groups excluding carboxylic acids is 1. The van der Waals surface area contributed by atoms with Gasteiger partial charge in [-0.1, -0.05) is 18.2 Å². The molecule has 132 valence electrons. The molecule has 2 heterocycles. The van der Waals surface area contributed by atoms with Crippen LogP contribution in [0.5, 0.6) is 0 Å². The van der Waals surface area contributed by atoms with Gasteiger partial charge in [0.15, 0.2) is 5.96 Å². The monoisotopic (exact) mass is 444 g/mol. The highest BCUT2D eigenvalue weighted by molar-refractivity contribution is 14.0. The number of benzene rings is 1. The zero-order valence-electron chi connectivity index (χ0n) is 14.0. The van der Waals surface area contributed by atoms with Crippen LogP contribution in [0.1, 0.15) is 22.8 Å². The van der Waals surface area contributed by atoms with E-state index in [0.717, 1.165) is 37.2 Å². The van der Waals surface area contributed by atoms with Crippen LogP contribution in [0.4, 0.5) is 0 Å². The highest BCUT2D eigenvalue weighted by Gasteiger charge is 2.23. The number of halogens is 1. The van der Waals surface area contributed by atoms with Gasteiger partial charge in [-0.15, -0.1) is 24.0 Å². The molecule has 0 radical (unpaired) electrons. The number of amides is 1. The lowest BCUT2D eigenvalue weighted by Gasteiger charge is -2.32. The third-order valence-electron chi connectivity index (χ3n) is 4.39. The molecule has 6 nitrogen and oxygen atoms in total. The Bertz CT molecular complexity index is 608. The molecule has 1 aromatic carbocycles. The van der Waals surface area contributed by atoms with Crippen molar-refractivity contribution in [3.8, 4) is 0 Å². The van der Waals surface area contributed by atoms with Gasteiger partial charge < -0.3 is 20.3 Å².